The van der Waals surface area contributed by atoms with Crippen molar-refractivity contribution in [2.45, 2.75) is 107 Å². The topological polar surface area (TPSA) is 0 Å². The van der Waals surface area contributed by atoms with Gasteiger partial charge in [-0.05, 0) is 35.5 Å². The molecular formula is C24H36BClS. The lowest BCUT2D eigenvalue weighted by Gasteiger charge is -2.37. The van der Waals surface area contributed by atoms with Gasteiger partial charge in [-0.3, -0.25) is 0 Å². The summed E-state index contributed by atoms with van der Waals surface area (Å²) in [5.41, 5.74) is 0. The van der Waals surface area contributed by atoms with E-state index in [-0.39, 0.29) is 0 Å². The summed E-state index contributed by atoms with van der Waals surface area (Å²) in [6.07, 6.45) is 21.0. The molecule has 0 unspecified atom stereocenters. The Morgan fingerprint density at radius 3 is 2.04 bits per heavy atom. The van der Waals surface area contributed by atoms with E-state index in [1.54, 1.807) is 4.80 Å². The Labute approximate surface area is 177 Å². The van der Waals surface area contributed by atoms with Crippen LogP contribution in [0.1, 0.15) is 90.4 Å². The zero-order chi connectivity index (χ0) is 18.9. The lowest BCUT2D eigenvalue weighted by molar-refractivity contribution is 0.464. The van der Waals surface area contributed by atoms with Crippen LogP contribution in [0.2, 0.25) is 16.7 Å². The minimum Gasteiger partial charge on any atom is -0.105 e. The van der Waals surface area contributed by atoms with Gasteiger partial charge in [0, 0.05) is 9.92 Å². The van der Waals surface area contributed by atoms with Crippen LogP contribution in [-0.4, -0.2) is 6.71 Å². The molecule has 0 spiro atoms. The summed E-state index contributed by atoms with van der Waals surface area (Å²) in [4.78, 5) is 3.04. The smallest absolute Gasteiger partial charge is 0.105 e. The number of hydrogen-bond acceptors (Lipinski definition) is 1. The Morgan fingerprint density at radius 1 is 0.963 bits per heavy atom. The predicted octanol–water partition coefficient (Wildman–Crippen LogP) is 9.21. The zero-order valence-electron chi connectivity index (χ0n) is 17.1. The number of halogens is 1. The Bertz CT molecular complexity index is 553. The van der Waals surface area contributed by atoms with Gasteiger partial charge in [0.1, 0.15) is 0 Å². The molecule has 0 amide bonds. The SMILES string of the molecule is CCCC/C=C(\Sc1ccc(Cl)cc1)B(C1CCCCC1)C1CCCCC1. The number of allylic oxidation sites excluding steroid dienone is 1. The van der Waals surface area contributed by atoms with Gasteiger partial charge in [0.2, 0.25) is 0 Å². The van der Waals surface area contributed by atoms with Gasteiger partial charge in [-0.1, -0.05) is 113 Å². The highest BCUT2D eigenvalue weighted by Crippen LogP contribution is 2.47. The number of thioether (sulfide) groups is 1. The van der Waals surface area contributed by atoms with Gasteiger partial charge in [0.15, 0.2) is 6.71 Å². The molecule has 2 saturated carbocycles. The fourth-order valence-corrected chi connectivity index (χ4v) is 6.56. The highest BCUT2D eigenvalue weighted by molar-refractivity contribution is 8.05. The number of hydrogen-bond donors (Lipinski definition) is 0. The molecule has 148 valence electrons. The van der Waals surface area contributed by atoms with Crippen LogP contribution >= 0.6 is 23.4 Å². The van der Waals surface area contributed by atoms with Crippen LogP contribution in [0, 0.1) is 0 Å². The quantitative estimate of drug-likeness (QED) is 0.237. The molecule has 0 bridgehead atoms. The van der Waals surface area contributed by atoms with Gasteiger partial charge in [0.05, 0.1) is 0 Å². The van der Waals surface area contributed by atoms with E-state index in [0.29, 0.717) is 0 Å². The molecule has 0 N–H and O–H groups in total. The van der Waals surface area contributed by atoms with Crippen LogP contribution in [-0.2, 0) is 0 Å². The zero-order valence-corrected chi connectivity index (χ0v) is 18.7. The summed E-state index contributed by atoms with van der Waals surface area (Å²) >= 11 is 8.18. The van der Waals surface area contributed by atoms with Crippen molar-refractivity contribution < 1.29 is 0 Å². The molecule has 0 aromatic heterocycles. The van der Waals surface area contributed by atoms with Crippen molar-refractivity contribution in [3.05, 3.63) is 40.2 Å². The standard InChI is InChI=1S/C24H36BClS/c1-2-3-6-15-24(27-23-18-16-22(26)17-19-23)25(20-11-7-4-8-12-20)21-13-9-5-10-14-21/h15-21H,2-14H2,1H3/b24-15-. The van der Waals surface area contributed by atoms with E-state index in [0.717, 1.165) is 23.4 Å². The Kier molecular flexibility index (Phi) is 9.20. The lowest BCUT2D eigenvalue weighted by Crippen LogP contribution is -2.31. The average molecular weight is 403 g/mol. The molecule has 1 aromatic carbocycles. The molecule has 0 saturated heterocycles. The minimum absolute atomic E-state index is 0.795. The van der Waals surface area contributed by atoms with Gasteiger partial charge in [-0.15, -0.1) is 11.8 Å². The maximum Gasteiger partial charge on any atom is 0.190 e. The van der Waals surface area contributed by atoms with Crippen LogP contribution < -0.4 is 0 Å². The lowest BCUT2D eigenvalue weighted by atomic mass is 9.30. The van der Waals surface area contributed by atoms with Gasteiger partial charge in [0.25, 0.3) is 0 Å². The minimum atomic E-state index is 0.795. The third-order valence-corrected chi connectivity index (χ3v) is 8.03. The van der Waals surface area contributed by atoms with E-state index in [1.165, 1.54) is 88.4 Å². The summed E-state index contributed by atoms with van der Waals surface area (Å²) in [6.45, 7) is 3.10. The maximum atomic E-state index is 6.13. The van der Waals surface area contributed by atoms with Gasteiger partial charge < -0.3 is 0 Å². The van der Waals surface area contributed by atoms with E-state index in [9.17, 15) is 0 Å². The second-order valence-electron chi connectivity index (χ2n) is 8.63. The predicted molar refractivity (Wildman–Crippen MR) is 124 cm³/mol. The molecule has 2 fully saturated rings. The van der Waals surface area contributed by atoms with Crippen molar-refractivity contribution in [2.75, 3.05) is 0 Å². The summed E-state index contributed by atoms with van der Waals surface area (Å²) < 4.78 is 0. The third-order valence-electron chi connectivity index (χ3n) is 6.60. The van der Waals surface area contributed by atoms with E-state index >= 15 is 0 Å². The Hall–Kier alpha value is -0.335. The first kappa shape index (κ1) is 21.4. The normalized spacial score (nSPS) is 20.0. The number of benzene rings is 1. The Morgan fingerprint density at radius 2 is 1.52 bits per heavy atom. The van der Waals surface area contributed by atoms with E-state index < -0.39 is 0 Å². The number of rotatable bonds is 8. The number of unbranched alkanes of at least 4 members (excludes halogenated alkanes) is 2. The van der Waals surface area contributed by atoms with Gasteiger partial charge >= 0.3 is 0 Å². The van der Waals surface area contributed by atoms with Crippen molar-refractivity contribution in [1.82, 2.24) is 0 Å². The molecule has 27 heavy (non-hydrogen) atoms. The first-order chi connectivity index (χ1) is 13.3. The molecule has 3 heteroatoms. The largest absolute Gasteiger partial charge is 0.190 e. The summed E-state index contributed by atoms with van der Waals surface area (Å²) in [5.74, 6) is 1.82. The van der Waals surface area contributed by atoms with Crippen molar-refractivity contribution in [1.29, 1.82) is 0 Å². The van der Waals surface area contributed by atoms with Crippen molar-refractivity contribution >= 4 is 30.1 Å². The average Bonchev–Trinajstić information content (AvgIpc) is 2.71. The first-order valence-corrected chi connectivity index (χ1v) is 12.6. The van der Waals surface area contributed by atoms with E-state index in [2.05, 4.69) is 25.1 Å². The fraction of sp³-hybridized carbons (Fsp3) is 0.667. The molecule has 2 aliphatic carbocycles. The third kappa shape index (κ3) is 6.60. The van der Waals surface area contributed by atoms with Crippen molar-refractivity contribution in [3.8, 4) is 0 Å². The maximum absolute atomic E-state index is 6.13. The van der Waals surface area contributed by atoms with Crippen LogP contribution in [0.3, 0.4) is 0 Å². The molecule has 2 aliphatic rings. The summed E-state index contributed by atoms with van der Waals surface area (Å²) in [7, 11) is 0. The molecule has 3 rings (SSSR count). The summed E-state index contributed by atoms with van der Waals surface area (Å²) in [6, 6.07) is 8.51. The van der Waals surface area contributed by atoms with Crippen LogP contribution in [0.5, 0.6) is 0 Å². The van der Waals surface area contributed by atoms with Crippen LogP contribution in [0.25, 0.3) is 0 Å². The van der Waals surface area contributed by atoms with Crippen molar-refractivity contribution in [3.63, 3.8) is 0 Å². The van der Waals surface area contributed by atoms with Gasteiger partial charge in [-0.25, -0.2) is 0 Å². The highest BCUT2D eigenvalue weighted by Gasteiger charge is 2.37. The molecule has 0 atom stereocenters. The van der Waals surface area contributed by atoms with Gasteiger partial charge in [-0.2, -0.15) is 0 Å². The summed E-state index contributed by atoms with van der Waals surface area (Å²) in [5, 5.41) is 0.840. The second kappa shape index (κ2) is 11.6. The first-order valence-electron chi connectivity index (χ1n) is 11.4. The molecule has 1 aromatic rings. The monoisotopic (exact) mass is 402 g/mol. The van der Waals surface area contributed by atoms with Crippen LogP contribution in [0.15, 0.2) is 40.0 Å². The fourth-order valence-electron chi connectivity index (χ4n) is 5.17. The van der Waals surface area contributed by atoms with E-state index in [4.69, 9.17) is 11.6 Å². The molecule has 0 aliphatic heterocycles. The van der Waals surface area contributed by atoms with Crippen LogP contribution in [0.4, 0.5) is 0 Å². The van der Waals surface area contributed by atoms with E-state index in [1.807, 2.05) is 23.9 Å². The van der Waals surface area contributed by atoms with Crippen molar-refractivity contribution in [2.24, 2.45) is 0 Å². The Balaban J connectivity index is 1.84. The molecule has 0 nitrogen and oxygen atoms in total. The molecule has 0 radical (unpaired) electrons. The highest BCUT2D eigenvalue weighted by atomic mass is 35.5. The molecular weight excluding hydrogens is 367 g/mol. The molecule has 0 heterocycles. The second-order valence-corrected chi connectivity index (χ2v) is 10.2.